The van der Waals surface area contributed by atoms with Gasteiger partial charge in [0, 0.05) is 6.42 Å². The molecule has 0 radical (unpaired) electrons. The van der Waals surface area contributed by atoms with Crippen LogP contribution in [-0.2, 0) is 26.1 Å². The van der Waals surface area contributed by atoms with Crippen molar-refractivity contribution in [2.24, 2.45) is 0 Å². The molecule has 0 aliphatic rings. The molecule has 2 aromatic rings. The third-order valence-electron chi connectivity index (χ3n) is 3.48. The average molecular weight is 406 g/mol. The lowest BCUT2D eigenvalue weighted by molar-refractivity contribution is -0.140. The minimum atomic E-state index is -3.56. The van der Waals surface area contributed by atoms with Crippen LogP contribution in [-0.4, -0.2) is 43.4 Å². The van der Waals surface area contributed by atoms with E-state index in [1.165, 1.54) is 0 Å². The normalized spacial score (nSPS) is 10.8. The number of hydrogen-bond acceptors (Lipinski definition) is 6. The highest BCUT2D eigenvalue weighted by Gasteiger charge is 2.15. The standard InChI is InChI=1S/C19H18O8S/c1-28(24,25)27-16-8-2-13(3-9-16)10-11-26-15-6-4-14(5-7-15)12-17(18(20)21)19(22)23/h2-9,12H,10-11H2,1H3,(H,20,21)(H,22,23). The molecule has 8 nitrogen and oxygen atoms in total. The molecule has 2 aromatic carbocycles. The van der Waals surface area contributed by atoms with E-state index in [9.17, 15) is 18.0 Å². The summed E-state index contributed by atoms with van der Waals surface area (Å²) >= 11 is 0. The SMILES string of the molecule is CS(=O)(=O)Oc1ccc(CCOc2ccc(C=C(C(=O)O)C(=O)O)cc2)cc1. The minimum Gasteiger partial charge on any atom is -0.493 e. The van der Waals surface area contributed by atoms with Gasteiger partial charge < -0.3 is 19.1 Å². The van der Waals surface area contributed by atoms with Crippen molar-refractivity contribution in [3.05, 3.63) is 65.2 Å². The van der Waals surface area contributed by atoms with Gasteiger partial charge in [0.05, 0.1) is 12.9 Å². The Labute approximate surface area is 161 Å². The Balaban J connectivity index is 1.91. The van der Waals surface area contributed by atoms with Crippen molar-refractivity contribution >= 4 is 28.1 Å². The van der Waals surface area contributed by atoms with Gasteiger partial charge in [-0.1, -0.05) is 24.3 Å². The maximum Gasteiger partial charge on any atom is 0.343 e. The summed E-state index contributed by atoms with van der Waals surface area (Å²) in [6.07, 6.45) is 2.61. The first-order chi connectivity index (χ1) is 13.1. The fraction of sp³-hybridized carbons (Fsp3) is 0.158. The Morgan fingerprint density at radius 3 is 1.96 bits per heavy atom. The Kier molecular flexibility index (Phi) is 6.78. The zero-order chi connectivity index (χ0) is 20.7. The summed E-state index contributed by atoms with van der Waals surface area (Å²) in [5.41, 5.74) is 0.624. The molecule has 0 bridgehead atoms. The molecule has 0 heterocycles. The number of benzene rings is 2. The lowest BCUT2D eigenvalue weighted by Crippen LogP contribution is -2.10. The third-order valence-corrected chi connectivity index (χ3v) is 3.98. The summed E-state index contributed by atoms with van der Waals surface area (Å²) in [4.78, 5) is 21.7. The number of carbonyl (C=O) groups is 2. The van der Waals surface area contributed by atoms with Gasteiger partial charge in [0.15, 0.2) is 0 Å². The maximum atomic E-state index is 11.1. The Morgan fingerprint density at radius 1 is 0.929 bits per heavy atom. The molecule has 0 unspecified atom stereocenters. The van der Waals surface area contributed by atoms with Crippen molar-refractivity contribution in [1.29, 1.82) is 0 Å². The first-order valence-corrected chi connectivity index (χ1v) is 9.85. The summed E-state index contributed by atoms with van der Waals surface area (Å²) in [6.45, 7) is 0.358. The van der Waals surface area contributed by atoms with E-state index < -0.39 is 27.6 Å². The Hall–Kier alpha value is -3.33. The maximum absolute atomic E-state index is 11.1. The zero-order valence-electron chi connectivity index (χ0n) is 14.9. The quantitative estimate of drug-likeness (QED) is 0.281. The van der Waals surface area contributed by atoms with E-state index in [4.69, 9.17) is 19.1 Å². The molecule has 0 atom stereocenters. The molecule has 0 amide bonds. The number of aliphatic carboxylic acids is 2. The van der Waals surface area contributed by atoms with Crippen LogP contribution in [0.3, 0.4) is 0 Å². The summed E-state index contributed by atoms with van der Waals surface area (Å²) < 4.78 is 32.5. The van der Waals surface area contributed by atoms with Crippen molar-refractivity contribution in [3.8, 4) is 11.5 Å². The molecular formula is C19H18O8S. The number of rotatable bonds is 9. The van der Waals surface area contributed by atoms with Crippen molar-refractivity contribution in [1.82, 2.24) is 0 Å². The Bertz CT molecular complexity index is 958. The number of carboxylic acid groups (broad SMARTS) is 2. The first-order valence-electron chi connectivity index (χ1n) is 8.03. The van der Waals surface area contributed by atoms with E-state index in [-0.39, 0.29) is 5.75 Å². The van der Waals surface area contributed by atoms with Crippen LogP contribution in [0.2, 0.25) is 0 Å². The van der Waals surface area contributed by atoms with E-state index in [0.717, 1.165) is 17.9 Å². The largest absolute Gasteiger partial charge is 0.493 e. The number of hydrogen-bond donors (Lipinski definition) is 2. The van der Waals surface area contributed by atoms with Gasteiger partial charge in [-0.3, -0.25) is 0 Å². The molecule has 0 saturated heterocycles. The van der Waals surface area contributed by atoms with Gasteiger partial charge in [-0.05, 0) is 41.5 Å². The predicted octanol–water partition coefficient (Wildman–Crippen LogP) is 2.20. The molecule has 2 N–H and O–H groups in total. The highest BCUT2D eigenvalue weighted by Crippen LogP contribution is 2.17. The van der Waals surface area contributed by atoms with Gasteiger partial charge >= 0.3 is 22.1 Å². The van der Waals surface area contributed by atoms with Crippen molar-refractivity contribution in [3.63, 3.8) is 0 Å². The second-order valence-corrected chi connectivity index (χ2v) is 7.34. The topological polar surface area (TPSA) is 127 Å². The fourth-order valence-electron chi connectivity index (χ4n) is 2.22. The fourth-order valence-corrected chi connectivity index (χ4v) is 2.68. The van der Waals surface area contributed by atoms with Gasteiger partial charge in [-0.15, -0.1) is 0 Å². The molecule has 28 heavy (non-hydrogen) atoms. The summed E-state index contributed by atoms with van der Waals surface area (Å²) in [5.74, 6) is -2.25. The van der Waals surface area contributed by atoms with E-state index in [2.05, 4.69) is 0 Å². The Morgan fingerprint density at radius 2 is 1.46 bits per heavy atom. The molecule has 0 aliphatic heterocycles. The van der Waals surface area contributed by atoms with Gasteiger partial charge in [-0.2, -0.15) is 8.42 Å². The van der Waals surface area contributed by atoms with Crippen LogP contribution in [0.25, 0.3) is 6.08 Å². The van der Waals surface area contributed by atoms with Crippen molar-refractivity contribution in [2.45, 2.75) is 6.42 Å². The van der Waals surface area contributed by atoms with Gasteiger partial charge in [0.25, 0.3) is 0 Å². The smallest absolute Gasteiger partial charge is 0.343 e. The van der Waals surface area contributed by atoms with Crippen LogP contribution < -0.4 is 8.92 Å². The minimum absolute atomic E-state index is 0.234. The van der Waals surface area contributed by atoms with Crippen LogP contribution in [0.15, 0.2) is 54.1 Å². The second-order valence-electron chi connectivity index (χ2n) is 5.77. The summed E-state index contributed by atoms with van der Waals surface area (Å²) in [6, 6.07) is 12.9. The van der Waals surface area contributed by atoms with Crippen LogP contribution >= 0.6 is 0 Å². The summed E-state index contributed by atoms with van der Waals surface area (Å²) in [7, 11) is -3.56. The van der Waals surface area contributed by atoms with Crippen molar-refractivity contribution < 1.29 is 37.1 Å². The molecule has 0 spiro atoms. The lowest BCUT2D eigenvalue weighted by Gasteiger charge is -2.08. The van der Waals surface area contributed by atoms with E-state index in [1.807, 2.05) is 0 Å². The average Bonchev–Trinajstić information content (AvgIpc) is 2.60. The highest BCUT2D eigenvalue weighted by molar-refractivity contribution is 7.86. The van der Waals surface area contributed by atoms with Crippen molar-refractivity contribution in [2.75, 3.05) is 12.9 Å². The second kappa shape index (κ2) is 9.05. The molecule has 0 aromatic heterocycles. The molecule has 0 fully saturated rings. The van der Waals surface area contributed by atoms with E-state index in [0.29, 0.717) is 24.3 Å². The van der Waals surface area contributed by atoms with Crippen LogP contribution in [0.5, 0.6) is 11.5 Å². The number of carboxylic acids is 2. The molecule has 0 saturated carbocycles. The van der Waals surface area contributed by atoms with Crippen LogP contribution in [0.1, 0.15) is 11.1 Å². The predicted molar refractivity (Wildman–Crippen MR) is 101 cm³/mol. The molecule has 148 valence electrons. The van der Waals surface area contributed by atoms with Gasteiger partial charge in [0.2, 0.25) is 0 Å². The van der Waals surface area contributed by atoms with Gasteiger partial charge in [-0.25, -0.2) is 9.59 Å². The van der Waals surface area contributed by atoms with E-state index >= 15 is 0 Å². The molecule has 0 aliphatic carbocycles. The van der Waals surface area contributed by atoms with Crippen LogP contribution in [0, 0.1) is 0 Å². The zero-order valence-corrected chi connectivity index (χ0v) is 15.7. The summed E-state index contributed by atoms with van der Waals surface area (Å²) in [5, 5.41) is 17.7. The third kappa shape index (κ3) is 6.76. The number of ether oxygens (including phenoxy) is 1. The van der Waals surface area contributed by atoms with E-state index in [1.54, 1.807) is 48.5 Å². The molecule has 2 rings (SSSR count). The lowest BCUT2D eigenvalue weighted by atomic mass is 10.1. The first kappa shape index (κ1) is 21.0. The van der Waals surface area contributed by atoms with Gasteiger partial charge in [0.1, 0.15) is 17.1 Å². The molecule has 9 heteroatoms. The monoisotopic (exact) mass is 406 g/mol. The molecular weight excluding hydrogens is 388 g/mol. The van der Waals surface area contributed by atoms with Crippen LogP contribution in [0.4, 0.5) is 0 Å². The highest BCUT2D eigenvalue weighted by atomic mass is 32.2.